The monoisotopic (exact) mass is 255 g/mol. The number of nitrogens with one attached hydrogen (secondary N) is 1. The Kier molecular flexibility index (Phi) is 5.63. The lowest BCUT2D eigenvalue weighted by atomic mass is 9.95. The van der Waals surface area contributed by atoms with E-state index in [2.05, 4.69) is 19.2 Å². The van der Waals surface area contributed by atoms with Crippen molar-refractivity contribution in [1.29, 1.82) is 0 Å². The number of carbonyl (C=O) groups excluding carboxylic acids is 1. The first kappa shape index (κ1) is 15.0. The Morgan fingerprint density at radius 2 is 1.89 bits per heavy atom. The number of carbonyl (C=O) groups is 2. The molecule has 0 saturated heterocycles. The fourth-order valence-electron chi connectivity index (χ4n) is 2.37. The lowest BCUT2D eigenvalue weighted by Crippen LogP contribution is -2.41. The van der Waals surface area contributed by atoms with Crippen molar-refractivity contribution in [3.05, 3.63) is 0 Å². The van der Waals surface area contributed by atoms with Gasteiger partial charge < -0.3 is 10.4 Å². The van der Waals surface area contributed by atoms with Crippen LogP contribution in [0.25, 0.3) is 0 Å². The molecule has 0 aromatic heterocycles. The fraction of sp³-hybridized carbons (Fsp3) is 0.857. The van der Waals surface area contributed by atoms with E-state index in [1.165, 1.54) is 0 Å². The largest absolute Gasteiger partial charge is 0.480 e. The van der Waals surface area contributed by atoms with Gasteiger partial charge in [0, 0.05) is 6.42 Å². The van der Waals surface area contributed by atoms with E-state index in [4.69, 9.17) is 5.11 Å². The van der Waals surface area contributed by atoms with Crippen molar-refractivity contribution < 1.29 is 14.7 Å². The van der Waals surface area contributed by atoms with Crippen LogP contribution in [0.2, 0.25) is 0 Å². The van der Waals surface area contributed by atoms with Crippen LogP contribution >= 0.6 is 0 Å². The van der Waals surface area contributed by atoms with Crippen LogP contribution in [0.1, 0.15) is 52.9 Å². The molecule has 1 rings (SSSR count). The van der Waals surface area contributed by atoms with Crippen molar-refractivity contribution in [3.63, 3.8) is 0 Å². The highest BCUT2D eigenvalue weighted by molar-refractivity contribution is 5.83. The maximum Gasteiger partial charge on any atom is 0.326 e. The van der Waals surface area contributed by atoms with Crippen molar-refractivity contribution in [3.8, 4) is 0 Å². The quantitative estimate of drug-likeness (QED) is 0.700. The lowest BCUT2D eigenvalue weighted by Gasteiger charge is -2.17. The number of carboxylic acids is 1. The van der Waals surface area contributed by atoms with Crippen molar-refractivity contribution >= 4 is 11.9 Å². The normalized spacial score (nSPS) is 18.4. The lowest BCUT2D eigenvalue weighted by molar-refractivity contribution is -0.142. The Morgan fingerprint density at radius 1 is 1.28 bits per heavy atom. The van der Waals surface area contributed by atoms with Gasteiger partial charge in [-0.3, -0.25) is 4.79 Å². The van der Waals surface area contributed by atoms with Gasteiger partial charge in [0.05, 0.1) is 0 Å². The molecule has 0 heterocycles. The van der Waals surface area contributed by atoms with Crippen LogP contribution in [0.3, 0.4) is 0 Å². The Balaban J connectivity index is 2.33. The van der Waals surface area contributed by atoms with Crippen LogP contribution < -0.4 is 5.32 Å². The van der Waals surface area contributed by atoms with Crippen LogP contribution in [-0.4, -0.2) is 23.0 Å². The minimum Gasteiger partial charge on any atom is -0.480 e. The van der Waals surface area contributed by atoms with Crippen molar-refractivity contribution in [1.82, 2.24) is 5.32 Å². The maximum absolute atomic E-state index is 11.8. The van der Waals surface area contributed by atoms with E-state index < -0.39 is 12.0 Å². The van der Waals surface area contributed by atoms with Gasteiger partial charge in [-0.25, -0.2) is 4.79 Å². The van der Waals surface area contributed by atoms with Crippen molar-refractivity contribution in [2.24, 2.45) is 17.8 Å². The van der Waals surface area contributed by atoms with E-state index in [9.17, 15) is 9.59 Å². The zero-order valence-corrected chi connectivity index (χ0v) is 11.6. The van der Waals surface area contributed by atoms with Gasteiger partial charge in [-0.1, -0.05) is 33.6 Å². The standard InChI is InChI=1S/C14H25NO3/c1-9(2)6-10(3)7-13(16)15-12(14(17)18)8-11-4-5-11/h9-12H,4-8H2,1-3H3,(H,15,16)(H,17,18). The van der Waals surface area contributed by atoms with Gasteiger partial charge in [-0.2, -0.15) is 0 Å². The summed E-state index contributed by atoms with van der Waals surface area (Å²) in [6, 6.07) is -0.698. The molecule has 0 aromatic rings. The van der Waals surface area contributed by atoms with Gasteiger partial charge in [-0.15, -0.1) is 0 Å². The summed E-state index contributed by atoms with van der Waals surface area (Å²) in [5.74, 6) is 0.331. The molecule has 2 unspecified atom stereocenters. The zero-order chi connectivity index (χ0) is 13.7. The molecule has 0 aliphatic heterocycles. The van der Waals surface area contributed by atoms with Gasteiger partial charge in [0.2, 0.25) is 5.91 Å². The smallest absolute Gasteiger partial charge is 0.326 e. The topological polar surface area (TPSA) is 66.4 Å². The number of carboxylic acid groups (broad SMARTS) is 1. The number of hydrogen-bond acceptors (Lipinski definition) is 2. The molecule has 1 aliphatic rings. The highest BCUT2D eigenvalue weighted by Gasteiger charge is 2.30. The molecule has 1 fully saturated rings. The molecular weight excluding hydrogens is 230 g/mol. The molecule has 1 amide bonds. The van der Waals surface area contributed by atoms with Crippen molar-refractivity contribution in [2.45, 2.75) is 58.9 Å². The van der Waals surface area contributed by atoms with Gasteiger partial charge in [0.25, 0.3) is 0 Å². The number of aliphatic carboxylic acids is 1. The third-order valence-corrected chi connectivity index (χ3v) is 3.31. The first-order valence-electron chi connectivity index (χ1n) is 6.90. The van der Waals surface area contributed by atoms with E-state index in [0.717, 1.165) is 19.3 Å². The molecule has 4 heteroatoms. The highest BCUT2D eigenvalue weighted by Crippen LogP contribution is 2.33. The molecule has 1 aliphatic carbocycles. The molecule has 4 nitrogen and oxygen atoms in total. The van der Waals surface area contributed by atoms with Crippen LogP contribution in [-0.2, 0) is 9.59 Å². The Labute approximate surface area is 109 Å². The Morgan fingerprint density at radius 3 is 2.33 bits per heavy atom. The zero-order valence-electron chi connectivity index (χ0n) is 11.6. The number of amides is 1. The average Bonchev–Trinajstić information content (AvgIpc) is 2.98. The van der Waals surface area contributed by atoms with Gasteiger partial charge >= 0.3 is 5.97 Å². The summed E-state index contributed by atoms with van der Waals surface area (Å²) >= 11 is 0. The minimum atomic E-state index is -0.910. The summed E-state index contributed by atoms with van der Waals surface area (Å²) in [5, 5.41) is 11.7. The summed E-state index contributed by atoms with van der Waals surface area (Å²) < 4.78 is 0. The molecule has 0 bridgehead atoms. The van der Waals surface area contributed by atoms with E-state index >= 15 is 0 Å². The molecule has 104 valence electrons. The maximum atomic E-state index is 11.8. The first-order valence-corrected chi connectivity index (χ1v) is 6.90. The fourth-order valence-corrected chi connectivity index (χ4v) is 2.37. The molecule has 2 N–H and O–H groups in total. The minimum absolute atomic E-state index is 0.129. The second-order valence-corrected chi connectivity index (χ2v) is 6.08. The van der Waals surface area contributed by atoms with E-state index in [-0.39, 0.29) is 5.91 Å². The molecule has 1 saturated carbocycles. The average molecular weight is 255 g/mol. The predicted molar refractivity (Wildman–Crippen MR) is 70.1 cm³/mol. The third kappa shape index (κ3) is 6.03. The summed E-state index contributed by atoms with van der Waals surface area (Å²) in [4.78, 5) is 22.8. The Hall–Kier alpha value is -1.06. The summed E-state index contributed by atoms with van der Waals surface area (Å²) in [6.07, 6.45) is 4.20. The summed E-state index contributed by atoms with van der Waals surface area (Å²) in [5.41, 5.74) is 0. The van der Waals surface area contributed by atoms with E-state index in [1.54, 1.807) is 0 Å². The number of rotatable bonds is 8. The van der Waals surface area contributed by atoms with Gasteiger partial charge in [0.1, 0.15) is 6.04 Å². The predicted octanol–water partition coefficient (Wildman–Crippen LogP) is 2.43. The molecule has 0 aromatic carbocycles. The van der Waals surface area contributed by atoms with Crippen molar-refractivity contribution in [2.75, 3.05) is 0 Å². The summed E-state index contributed by atoms with van der Waals surface area (Å²) in [7, 11) is 0. The van der Waals surface area contributed by atoms with Gasteiger partial charge in [0.15, 0.2) is 0 Å². The number of hydrogen-bond donors (Lipinski definition) is 2. The second kappa shape index (κ2) is 6.76. The first-order chi connectivity index (χ1) is 8.38. The molecule has 0 spiro atoms. The summed E-state index contributed by atoms with van der Waals surface area (Å²) in [6.45, 7) is 6.29. The van der Waals surface area contributed by atoms with E-state index in [0.29, 0.717) is 30.6 Å². The van der Waals surface area contributed by atoms with Gasteiger partial charge in [-0.05, 0) is 30.6 Å². The highest BCUT2D eigenvalue weighted by atomic mass is 16.4. The molecular formula is C14H25NO3. The third-order valence-electron chi connectivity index (χ3n) is 3.31. The van der Waals surface area contributed by atoms with Crippen LogP contribution in [0.4, 0.5) is 0 Å². The van der Waals surface area contributed by atoms with Crippen LogP contribution in [0.5, 0.6) is 0 Å². The van der Waals surface area contributed by atoms with Crippen LogP contribution in [0, 0.1) is 17.8 Å². The Bertz CT molecular complexity index is 297. The molecule has 18 heavy (non-hydrogen) atoms. The van der Waals surface area contributed by atoms with Crippen LogP contribution in [0.15, 0.2) is 0 Å². The van der Waals surface area contributed by atoms with E-state index in [1.807, 2.05) is 6.92 Å². The molecule has 2 atom stereocenters. The SMILES string of the molecule is CC(C)CC(C)CC(=O)NC(CC1CC1)C(=O)O. The molecule has 0 radical (unpaired) electrons. The second-order valence-electron chi connectivity index (χ2n) is 6.08.